The van der Waals surface area contributed by atoms with Crippen LogP contribution < -0.4 is 0 Å². The Kier molecular flexibility index (Phi) is 7.11. The second-order valence-corrected chi connectivity index (χ2v) is 14.0. The van der Waals surface area contributed by atoms with Gasteiger partial charge in [-0.1, -0.05) is 118 Å². The van der Waals surface area contributed by atoms with Crippen molar-refractivity contribution in [1.29, 1.82) is 0 Å². The van der Waals surface area contributed by atoms with E-state index in [1.807, 2.05) is 54.6 Å². The lowest BCUT2D eigenvalue weighted by molar-refractivity contribution is 0.473. The number of benzene rings is 7. The van der Waals surface area contributed by atoms with Crippen LogP contribution in [0.15, 0.2) is 153 Å². The molecule has 9 aromatic rings. The van der Waals surface area contributed by atoms with E-state index in [2.05, 4.69) is 99.6 Å². The monoisotopic (exact) mass is 662 g/mol. The molecule has 2 aromatic heterocycles. The van der Waals surface area contributed by atoms with Gasteiger partial charge in [-0.15, -0.1) is 0 Å². The van der Waals surface area contributed by atoms with Gasteiger partial charge in [-0.3, -0.25) is 4.99 Å². The second-order valence-electron chi connectivity index (χ2n) is 14.0. The lowest BCUT2D eigenvalue weighted by Crippen LogP contribution is -2.11. The summed E-state index contributed by atoms with van der Waals surface area (Å²) in [7, 11) is 0. The number of fused-ring (bicyclic) bond motifs is 5. The Hall–Kier alpha value is -6.46. The Balaban J connectivity index is 1.24. The Labute approximate surface area is 295 Å². The van der Waals surface area contributed by atoms with E-state index in [4.69, 9.17) is 18.8 Å². The summed E-state index contributed by atoms with van der Waals surface area (Å²) in [5.74, 6) is 0.642. The average Bonchev–Trinajstić information content (AvgIpc) is 3.75. The van der Waals surface area contributed by atoms with Crippen molar-refractivity contribution in [2.24, 2.45) is 4.99 Å². The highest BCUT2D eigenvalue weighted by molar-refractivity contribution is 6.11. The summed E-state index contributed by atoms with van der Waals surface area (Å²) in [6.45, 7) is 6.45. The van der Waals surface area contributed by atoms with E-state index in [0.717, 1.165) is 71.6 Å². The molecule has 0 saturated heterocycles. The molecule has 0 spiro atoms. The molecular weight excluding hydrogens is 629 g/mol. The first-order chi connectivity index (χ1) is 24.8. The minimum atomic E-state index is -0.0665. The van der Waals surface area contributed by atoms with Crippen LogP contribution in [0, 0.1) is 0 Å². The van der Waals surface area contributed by atoms with Gasteiger partial charge in [0.25, 0.3) is 0 Å². The maximum Gasteiger partial charge on any atom is 0.229 e. The third kappa shape index (κ3) is 5.35. The van der Waals surface area contributed by atoms with Gasteiger partial charge in [0.15, 0.2) is 5.58 Å². The van der Waals surface area contributed by atoms with E-state index in [1.54, 1.807) is 12.3 Å². The fourth-order valence-electron chi connectivity index (χ4n) is 6.97. The van der Waals surface area contributed by atoms with Crippen molar-refractivity contribution < 1.29 is 13.9 Å². The van der Waals surface area contributed by atoms with E-state index in [0.29, 0.717) is 22.7 Å². The molecule has 5 heteroatoms. The topological polar surface area (TPSA) is 71.8 Å². The number of hydrogen-bond acceptors (Lipinski definition) is 5. The van der Waals surface area contributed by atoms with Crippen molar-refractivity contribution in [3.8, 4) is 39.5 Å². The molecule has 246 valence electrons. The van der Waals surface area contributed by atoms with Crippen LogP contribution in [0.25, 0.3) is 77.5 Å². The first kappa shape index (κ1) is 30.6. The lowest BCUT2D eigenvalue weighted by atomic mass is 9.86. The molecule has 0 amide bonds. The van der Waals surface area contributed by atoms with Gasteiger partial charge in [0.05, 0.1) is 11.3 Å². The standard InChI is InChI=1S/C46H34N2O3/c1-46(2,3)31-22-23-40(49)30(24-31)27-47-39-20-8-6-16-37(39)45-48-43-38(34-18-10-13-28-12-4-5-14-32(28)34)25-29(26-42(43)51-45)33-17-11-19-36-35-15-7-9-21-41(35)50-44(33)36/h4-27,49H,1-3H3. The zero-order valence-electron chi connectivity index (χ0n) is 28.5. The Morgan fingerprint density at radius 2 is 1.31 bits per heavy atom. The maximum atomic E-state index is 10.7. The number of aliphatic imine (C=N–C) groups is 1. The van der Waals surface area contributed by atoms with Crippen LogP contribution >= 0.6 is 0 Å². The molecule has 2 heterocycles. The van der Waals surface area contributed by atoms with Gasteiger partial charge in [0, 0.05) is 33.7 Å². The number of oxazole rings is 1. The van der Waals surface area contributed by atoms with Crippen LogP contribution in [0.1, 0.15) is 31.9 Å². The first-order valence-corrected chi connectivity index (χ1v) is 17.1. The number of aromatic hydroxyl groups is 1. The molecule has 5 nitrogen and oxygen atoms in total. The minimum absolute atomic E-state index is 0.0665. The largest absolute Gasteiger partial charge is 0.507 e. The van der Waals surface area contributed by atoms with Gasteiger partial charge in [0.2, 0.25) is 5.89 Å². The van der Waals surface area contributed by atoms with E-state index < -0.39 is 0 Å². The summed E-state index contributed by atoms with van der Waals surface area (Å²) in [4.78, 5) is 10.0. The zero-order valence-corrected chi connectivity index (χ0v) is 28.5. The highest BCUT2D eigenvalue weighted by Gasteiger charge is 2.21. The smallest absolute Gasteiger partial charge is 0.229 e. The predicted molar refractivity (Wildman–Crippen MR) is 209 cm³/mol. The van der Waals surface area contributed by atoms with Gasteiger partial charge >= 0.3 is 0 Å². The number of nitrogens with zero attached hydrogens (tertiary/aromatic N) is 2. The number of rotatable bonds is 5. The predicted octanol–water partition coefficient (Wildman–Crippen LogP) is 12.6. The van der Waals surface area contributed by atoms with Crippen molar-refractivity contribution >= 4 is 55.7 Å². The van der Waals surface area contributed by atoms with Gasteiger partial charge in [-0.2, -0.15) is 0 Å². The van der Waals surface area contributed by atoms with Crippen LogP contribution in [0.4, 0.5) is 5.69 Å². The Bertz CT molecular complexity index is 2810. The van der Waals surface area contributed by atoms with Crippen LogP contribution in [0.2, 0.25) is 0 Å². The summed E-state index contributed by atoms with van der Waals surface area (Å²) in [5, 5.41) is 15.1. The summed E-state index contributed by atoms with van der Waals surface area (Å²) in [6.07, 6.45) is 1.71. The SMILES string of the molecule is CC(C)(C)c1ccc(O)c(C=Nc2ccccc2-c2nc3c(-c4cccc5ccccc45)cc(-c4cccc5c4oc4ccccc45)cc3o2)c1. The van der Waals surface area contributed by atoms with Crippen molar-refractivity contribution in [2.45, 2.75) is 26.2 Å². The average molecular weight is 663 g/mol. The summed E-state index contributed by atoms with van der Waals surface area (Å²) >= 11 is 0. The summed E-state index contributed by atoms with van der Waals surface area (Å²) < 4.78 is 13.2. The van der Waals surface area contributed by atoms with Gasteiger partial charge < -0.3 is 13.9 Å². The van der Waals surface area contributed by atoms with Crippen LogP contribution in [0.3, 0.4) is 0 Å². The number of phenolic OH excluding ortho intramolecular Hbond substituents is 1. The first-order valence-electron chi connectivity index (χ1n) is 17.1. The van der Waals surface area contributed by atoms with Crippen LogP contribution in [0.5, 0.6) is 5.75 Å². The second kappa shape index (κ2) is 11.9. The normalized spacial score (nSPS) is 12.2. The number of para-hydroxylation sites is 3. The molecule has 0 saturated carbocycles. The minimum Gasteiger partial charge on any atom is -0.507 e. The third-order valence-corrected chi connectivity index (χ3v) is 9.66. The molecule has 0 aliphatic carbocycles. The summed E-state index contributed by atoms with van der Waals surface area (Å²) in [6, 6.07) is 47.0. The number of hydrogen-bond donors (Lipinski definition) is 1. The molecule has 0 aliphatic heterocycles. The van der Waals surface area contributed by atoms with Crippen LogP contribution in [-0.4, -0.2) is 16.3 Å². The van der Waals surface area contributed by atoms with Crippen molar-refractivity contribution in [3.63, 3.8) is 0 Å². The molecule has 0 fully saturated rings. The molecule has 0 aliphatic rings. The van der Waals surface area contributed by atoms with Gasteiger partial charge in [0.1, 0.15) is 22.4 Å². The molecular formula is C46H34N2O3. The Morgan fingerprint density at radius 3 is 2.20 bits per heavy atom. The fourth-order valence-corrected chi connectivity index (χ4v) is 6.97. The highest BCUT2D eigenvalue weighted by atomic mass is 16.3. The maximum absolute atomic E-state index is 10.7. The van der Waals surface area contributed by atoms with Crippen LogP contribution in [-0.2, 0) is 5.41 Å². The number of furan rings is 1. The van der Waals surface area contributed by atoms with Crippen molar-refractivity contribution in [1.82, 2.24) is 4.98 Å². The quantitative estimate of drug-likeness (QED) is 0.186. The molecule has 7 aromatic carbocycles. The molecule has 9 rings (SSSR count). The third-order valence-electron chi connectivity index (χ3n) is 9.66. The molecule has 51 heavy (non-hydrogen) atoms. The van der Waals surface area contributed by atoms with E-state index >= 15 is 0 Å². The summed E-state index contributed by atoms with van der Waals surface area (Å²) in [5.41, 5.74) is 10.2. The van der Waals surface area contributed by atoms with Crippen molar-refractivity contribution in [3.05, 3.63) is 151 Å². The van der Waals surface area contributed by atoms with Gasteiger partial charge in [-0.25, -0.2) is 4.98 Å². The van der Waals surface area contributed by atoms with E-state index in [1.165, 1.54) is 0 Å². The molecule has 0 radical (unpaired) electrons. The lowest BCUT2D eigenvalue weighted by Gasteiger charge is -2.19. The zero-order chi connectivity index (χ0) is 34.7. The van der Waals surface area contributed by atoms with E-state index in [-0.39, 0.29) is 11.2 Å². The number of phenols is 1. The fraction of sp³-hybridized carbons (Fsp3) is 0.0870. The Morgan fingerprint density at radius 1 is 0.608 bits per heavy atom. The molecule has 0 bridgehead atoms. The molecule has 1 N–H and O–H groups in total. The number of aromatic nitrogens is 1. The highest BCUT2D eigenvalue weighted by Crippen LogP contribution is 2.43. The van der Waals surface area contributed by atoms with E-state index in [9.17, 15) is 5.11 Å². The molecule has 0 unspecified atom stereocenters. The van der Waals surface area contributed by atoms with Gasteiger partial charge in [-0.05, 0) is 75.3 Å². The molecule has 0 atom stereocenters. The van der Waals surface area contributed by atoms with Crippen molar-refractivity contribution in [2.75, 3.05) is 0 Å².